The van der Waals surface area contributed by atoms with Crippen LogP contribution in [-0.4, -0.2) is 9.97 Å². The molecular formula is C11H11N3. The normalized spacial score (nSPS) is 10.1. The van der Waals surface area contributed by atoms with Crippen LogP contribution in [0.15, 0.2) is 36.5 Å². The van der Waals surface area contributed by atoms with Crippen LogP contribution in [0.5, 0.6) is 0 Å². The van der Waals surface area contributed by atoms with E-state index < -0.39 is 0 Å². The topological polar surface area (TPSA) is 51.8 Å². The van der Waals surface area contributed by atoms with E-state index >= 15 is 0 Å². The highest BCUT2D eigenvalue weighted by atomic mass is 15.0. The van der Waals surface area contributed by atoms with Crippen molar-refractivity contribution in [3.05, 3.63) is 42.1 Å². The molecule has 0 unspecified atom stereocenters. The Balaban J connectivity index is 2.44. The predicted octanol–water partition coefficient (Wildman–Crippen LogP) is 2.03. The summed E-state index contributed by atoms with van der Waals surface area (Å²) in [5.74, 6) is 0.308. The zero-order valence-electron chi connectivity index (χ0n) is 7.94. The van der Waals surface area contributed by atoms with Crippen LogP contribution in [0, 0.1) is 6.92 Å². The van der Waals surface area contributed by atoms with Crippen LogP contribution in [-0.2, 0) is 0 Å². The number of nitrogens with two attached hydrogens (primary N) is 1. The van der Waals surface area contributed by atoms with Crippen molar-refractivity contribution in [2.24, 2.45) is 0 Å². The summed E-state index contributed by atoms with van der Waals surface area (Å²) in [4.78, 5) is 7.99. The van der Waals surface area contributed by atoms with Gasteiger partial charge in [-0.1, -0.05) is 29.8 Å². The van der Waals surface area contributed by atoms with E-state index in [0.717, 1.165) is 11.3 Å². The number of anilines is 1. The van der Waals surface area contributed by atoms with Gasteiger partial charge in [0.05, 0.1) is 5.69 Å². The summed E-state index contributed by atoms with van der Waals surface area (Å²) in [5, 5.41) is 0. The fraction of sp³-hybridized carbons (Fsp3) is 0.0909. The minimum absolute atomic E-state index is 0.308. The van der Waals surface area contributed by atoms with Gasteiger partial charge in [0.2, 0.25) is 5.95 Å². The average Bonchev–Trinajstić information content (AvgIpc) is 2.19. The van der Waals surface area contributed by atoms with E-state index in [1.165, 1.54) is 5.56 Å². The lowest BCUT2D eigenvalue weighted by Gasteiger charge is -2.01. The molecule has 1 aromatic carbocycles. The molecule has 14 heavy (non-hydrogen) atoms. The molecule has 1 aromatic heterocycles. The highest BCUT2D eigenvalue weighted by Gasteiger charge is 1.98. The first-order chi connectivity index (χ1) is 6.75. The molecule has 1 heterocycles. The average molecular weight is 185 g/mol. The van der Waals surface area contributed by atoms with Crippen LogP contribution in [0.25, 0.3) is 11.3 Å². The molecule has 0 saturated heterocycles. The molecule has 0 bridgehead atoms. The Morgan fingerprint density at radius 1 is 1.07 bits per heavy atom. The minimum Gasteiger partial charge on any atom is -0.368 e. The van der Waals surface area contributed by atoms with Crippen molar-refractivity contribution >= 4 is 5.95 Å². The quantitative estimate of drug-likeness (QED) is 0.739. The third kappa shape index (κ3) is 1.71. The van der Waals surface area contributed by atoms with Crippen LogP contribution in [0.3, 0.4) is 0 Å². The lowest BCUT2D eigenvalue weighted by Crippen LogP contribution is -1.94. The second kappa shape index (κ2) is 3.46. The molecule has 2 rings (SSSR count). The van der Waals surface area contributed by atoms with Crippen molar-refractivity contribution in [3.63, 3.8) is 0 Å². The van der Waals surface area contributed by atoms with Crippen LogP contribution in [0.1, 0.15) is 5.56 Å². The van der Waals surface area contributed by atoms with E-state index in [1.807, 2.05) is 30.3 Å². The molecule has 3 nitrogen and oxygen atoms in total. The van der Waals surface area contributed by atoms with Gasteiger partial charge in [-0.05, 0) is 13.0 Å². The summed E-state index contributed by atoms with van der Waals surface area (Å²) in [7, 11) is 0. The number of hydrogen-bond acceptors (Lipinski definition) is 3. The Bertz CT molecular complexity index is 435. The van der Waals surface area contributed by atoms with Gasteiger partial charge in [-0.25, -0.2) is 9.97 Å². The summed E-state index contributed by atoms with van der Waals surface area (Å²) in [6.07, 6.45) is 1.66. The van der Waals surface area contributed by atoms with E-state index in [9.17, 15) is 0 Å². The highest BCUT2D eigenvalue weighted by molar-refractivity contribution is 5.59. The largest absolute Gasteiger partial charge is 0.368 e. The Hall–Kier alpha value is -1.90. The highest BCUT2D eigenvalue weighted by Crippen LogP contribution is 2.16. The Morgan fingerprint density at radius 3 is 2.43 bits per heavy atom. The minimum atomic E-state index is 0.308. The summed E-state index contributed by atoms with van der Waals surface area (Å²) in [5.41, 5.74) is 8.65. The van der Waals surface area contributed by atoms with Crippen LogP contribution in [0.4, 0.5) is 5.95 Å². The molecule has 0 aliphatic rings. The number of nitrogen functional groups attached to an aromatic ring is 1. The molecule has 2 aromatic rings. The number of nitrogens with zero attached hydrogens (tertiary/aromatic N) is 2. The molecule has 0 fully saturated rings. The molecule has 70 valence electrons. The lowest BCUT2D eigenvalue weighted by atomic mass is 10.1. The van der Waals surface area contributed by atoms with Gasteiger partial charge in [-0.15, -0.1) is 0 Å². The van der Waals surface area contributed by atoms with E-state index in [-0.39, 0.29) is 0 Å². The standard InChI is InChI=1S/C11H11N3/c1-8-2-4-9(5-3-8)10-6-7-13-11(12)14-10/h2-7H,1H3,(H2,12,13,14). The van der Waals surface area contributed by atoms with Crippen LogP contribution >= 0.6 is 0 Å². The second-order valence-electron chi connectivity index (χ2n) is 3.17. The van der Waals surface area contributed by atoms with Crippen molar-refractivity contribution in [2.45, 2.75) is 6.92 Å². The first-order valence-electron chi connectivity index (χ1n) is 4.41. The van der Waals surface area contributed by atoms with Crippen LogP contribution < -0.4 is 5.73 Å². The first-order valence-corrected chi connectivity index (χ1v) is 4.41. The number of benzene rings is 1. The molecule has 2 N–H and O–H groups in total. The molecule has 0 saturated carbocycles. The summed E-state index contributed by atoms with van der Waals surface area (Å²) >= 11 is 0. The Labute approximate surface area is 82.6 Å². The van der Waals surface area contributed by atoms with Gasteiger partial charge < -0.3 is 5.73 Å². The molecule has 0 spiro atoms. The van der Waals surface area contributed by atoms with Gasteiger partial charge >= 0.3 is 0 Å². The summed E-state index contributed by atoms with van der Waals surface area (Å²) in [6, 6.07) is 10.00. The smallest absolute Gasteiger partial charge is 0.220 e. The maximum absolute atomic E-state index is 5.50. The van der Waals surface area contributed by atoms with Crippen molar-refractivity contribution < 1.29 is 0 Å². The first kappa shape index (κ1) is 8.69. The van der Waals surface area contributed by atoms with Crippen LogP contribution in [0.2, 0.25) is 0 Å². The van der Waals surface area contributed by atoms with E-state index in [1.54, 1.807) is 6.20 Å². The Morgan fingerprint density at radius 2 is 1.79 bits per heavy atom. The number of hydrogen-bond donors (Lipinski definition) is 1. The maximum atomic E-state index is 5.50. The monoisotopic (exact) mass is 185 g/mol. The fourth-order valence-corrected chi connectivity index (χ4v) is 1.26. The van der Waals surface area contributed by atoms with Gasteiger partial charge in [-0.3, -0.25) is 0 Å². The van der Waals surface area contributed by atoms with Gasteiger partial charge in [0.25, 0.3) is 0 Å². The molecule has 0 aliphatic heterocycles. The van der Waals surface area contributed by atoms with Crippen molar-refractivity contribution in [1.82, 2.24) is 9.97 Å². The number of aryl methyl sites for hydroxylation is 1. The zero-order chi connectivity index (χ0) is 9.97. The number of rotatable bonds is 1. The predicted molar refractivity (Wildman–Crippen MR) is 56.6 cm³/mol. The van der Waals surface area contributed by atoms with E-state index in [4.69, 9.17) is 5.73 Å². The molecule has 0 atom stereocenters. The molecule has 3 heteroatoms. The second-order valence-corrected chi connectivity index (χ2v) is 3.17. The van der Waals surface area contributed by atoms with Gasteiger partial charge in [0, 0.05) is 11.8 Å². The van der Waals surface area contributed by atoms with Crippen molar-refractivity contribution in [1.29, 1.82) is 0 Å². The molecule has 0 radical (unpaired) electrons. The van der Waals surface area contributed by atoms with Gasteiger partial charge in [0.1, 0.15) is 0 Å². The van der Waals surface area contributed by atoms with Crippen molar-refractivity contribution in [3.8, 4) is 11.3 Å². The van der Waals surface area contributed by atoms with Gasteiger partial charge in [0.15, 0.2) is 0 Å². The third-order valence-electron chi connectivity index (χ3n) is 2.02. The van der Waals surface area contributed by atoms with E-state index in [2.05, 4.69) is 16.9 Å². The van der Waals surface area contributed by atoms with E-state index in [0.29, 0.717) is 5.95 Å². The number of aromatic nitrogens is 2. The maximum Gasteiger partial charge on any atom is 0.220 e. The Kier molecular flexibility index (Phi) is 2.14. The molecular weight excluding hydrogens is 174 g/mol. The SMILES string of the molecule is Cc1ccc(-c2ccnc(N)n2)cc1. The lowest BCUT2D eigenvalue weighted by molar-refractivity contribution is 1.19. The summed E-state index contributed by atoms with van der Waals surface area (Å²) < 4.78 is 0. The van der Waals surface area contributed by atoms with Gasteiger partial charge in [-0.2, -0.15) is 0 Å². The molecule has 0 aliphatic carbocycles. The fourth-order valence-electron chi connectivity index (χ4n) is 1.26. The summed E-state index contributed by atoms with van der Waals surface area (Å²) in [6.45, 7) is 2.05. The molecule has 0 amide bonds. The third-order valence-corrected chi connectivity index (χ3v) is 2.02. The zero-order valence-corrected chi connectivity index (χ0v) is 7.94. The van der Waals surface area contributed by atoms with Crippen molar-refractivity contribution in [2.75, 3.05) is 5.73 Å².